The van der Waals surface area contributed by atoms with Crippen molar-refractivity contribution in [3.8, 4) is 0 Å². The quantitative estimate of drug-likeness (QED) is 0.716. The van der Waals surface area contributed by atoms with Gasteiger partial charge in [0.2, 0.25) is 5.91 Å². The number of hydrogen-bond acceptors (Lipinski definition) is 4. The van der Waals surface area contributed by atoms with Crippen molar-refractivity contribution < 1.29 is 18.8 Å². The Morgan fingerprint density at radius 2 is 1.84 bits per heavy atom. The highest BCUT2D eigenvalue weighted by molar-refractivity contribution is 6.04. The summed E-state index contributed by atoms with van der Waals surface area (Å²) in [6, 6.07) is 10.3. The van der Waals surface area contributed by atoms with Crippen LogP contribution in [0.4, 0.5) is 5.69 Å². The van der Waals surface area contributed by atoms with Crippen LogP contribution in [0, 0.1) is 0 Å². The molecule has 1 saturated carbocycles. The van der Waals surface area contributed by atoms with Gasteiger partial charge in [0.1, 0.15) is 0 Å². The second kappa shape index (κ2) is 7.65. The van der Waals surface area contributed by atoms with Crippen LogP contribution in [-0.2, 0) is 4.79 Å². The molecule has 0 unspecified atom stereocenters. The predicted octanol–water partition coefficient (Wildman–Crippen LogP) is 1.93. The SMILES string of the molecule is O=C(CCNC(=O)c1ccco1)Nc1ccccc1C(=O)NC1CC1. The number of nitrogens with one attached hydrogen (secondary N) is 3. The largest absolute Gasteiger partial charge is 0.459 e. The fourth-order valence-corrected chi connectivity index (χ4v) is 2.28. The highest BCUT2D eigenvalue weighted by Crippen LogP contribution is 2.21. The van der Waals surface area contributed by atoms with Gasteiger partial charge in [-0.25, -0.2) is 0 Å². The van der Waals surface area contributed by atoms with E-state index in [9.17, 15) is 14.4 Å². The molecule has 0 bridgehead atoms. The van der Waals surface area contributed by atoms with E-state index < -0.39 is 0 Å². The lowest BCUT2D eigenvalue weighted by Crippen LogP contribution is -2.29. The van der Waals surface area contributed by atoms with E-state index in [1.807, 2.05) is 0 Å². The van der Waals surface area contributed by atoms with Gasteiger partial charge in [-0.15, -0.1) is 0 Å². The number of carbonyl (C=O) groups is 3. The number of furan rings is 1. The Kier molecular flexibility index (Phi) is 5.13. The van der Waals surface area contributed by atoms with Gasteiger partial charge in [-0.1, -0.05) is 12.1 Å². The van der Waals surface area contributed by atoms with Crippen LogP contribution < -0.4 is 16.0 Å². The van der Waals surface area contributed by atoms with Crippen LogP contribution in [0.2, 0.25) is 0 Å². The van der Waals surface area contributed by atoms with E-state index in [1.54, 1.807) is 36.4 Å². The maximum Gasteiger partial charge on any atom is 0.286 e. The van der Waals surface area contributed by atoms with Crippen LogP contribution >= 0.6 is 0 Å². The molecule has 1 aliphatic rings. The fraction of sp³-hybridized carbons (Fsp3) is 0.278. The first-order valence-corrected chi connectivity index (χ1v) is 8.15. The zero-order valence-corrected chi connectivity index (χ0v) is 13.6. The molecule has 0 atom stereocenters. The summed E-state index contributed by atoms with van der Waals surface area (Å²) < 4.78 is 4.97. The van der Waals surface area contributed by atoms with E-state index in [-0.39, 0.29) is 42.5 Å². The average Bonchev–Trinajstić information content (AvgIpc) is 3.24. The monoisotopic (exact) mass is 341 g/mol. The Bertz CT molecular complexity index is 766. The van der Waals surface area contributed by atoms with Gasteiger partial charge in [0.05, 0.1) is 17.5 Å². The number of benzene rings is 1. The van der Waals surface area contributed by atoms with Gasteiger partial charge in [0.15, 0.2) is 5.76 Å². The zero-order valence-electron chi connectivity index (χ0n) is 13.6. The molecule has 1 fully saturated rings. The van der Waals surface area contributed by atoms with E-state index in [4.69, 9.17) is 4.42 Å². The lowest BCUT2D eigenvalue weighted by molar-refractivity contribution is -0.116. The molecule has 3 rings (SSSR count). The number of rotatable bonds is 7. The van der Waals surface area contributed by atoms with Crippen LogP contribution in [0.5, 0.6) is 0 Å². The molecule has 1 heterocycles. The summed E-state index contributed by atoms with van der Waals surface area (Å²) >= 11 is 0. The Morgan fingerprint density at radius 1 is 1.04 bits per heavy atom. The van der Waals surface area contributed by atoms with Gasteiger partial charge in [-0.2, -0.15) is 0 Å². The maximum atomic E-state index is 12.2. The smallest absolute Gasteiger partial charge is 0.286 e. The third kappa shape index (κ3) is 4.69. The summed E-state index contributed by atoms with van der Waals surface area (Å²) in [7, 11) is 0. The Morgan fingerprint density at radius 3 is 2.56 bits per heavy atom. The maximum absolute atomic E-state index is 12.2. The molecule has 1 aromatic carbocycles. The van der Waals surface area contributed by atoms with Crippen LogP contribution in [0.25, 0.3) is 0 Å². The van der Waals surface area contributed by atoms with E-state index in [1.165, 1.54) is 6.26 Å². The Labute approximate surface area is 144 Å². The molecule has 3 N–H and O–H groups in total. The summed E-state index contributed by atoms with van der Waals surface area (Å²) in [4.78, 5) is 36.0. The number of amides is 3. The van der Waals surface area contributed by atoms with Crippen molar-refractivity contribution in [3.63, 3.8) is 0 Å². The summed E-state index contributed by atoms with van der Waals surface area (Å²) in [6.07, 6.45) is 3.49. The van der Waals surface area contributed by atoms with Gasteiger partial charge >= 0.3 is 0 Å². The van der Waals surface area contributed by atoms with Gasteiger partial charge in [-0.05, 0) is 37.1 Å². The number of carbonyl (C=O) groups excluding carboxylic acids is 3. The Balaban J connectivity index is 1.50. The standard InChI is InChI=1S/C18H19N3O4/c22-16(9-10-19-18(24)15-6-3-11-25-15)21-14-5-2-1-4-13(14)17(23)20-12-7-8-12/h1-6,11-12H,7-10H2,(H,19,24)(H,20,23)(H,21,22). The first kappa shape index (κ1) is 16.8. The second-order valence-corrected chi connectivity index (χ2v) is 5.82. The van der Waals surface area contributed by atoms with Crippen molar-refractivity contribution in [1.82, 2.24) is 10.6 Å². The second-order valence-electron chi connectivity index (χ2n) is 5.82. The minimum Gasteiger partial charge on any atom is -0.459 e. The number of para-hydroxylation sites is 1. The lowest BCUT2D eigenvalue weighted by atomic mass is 10.1. The van der Waals surface area contributed by atoms with Gasteiger partial charge in [0.25, 0.3) is 11.8 Å². The summed E-state index contributed by atoms with van der Waals surface area (Å²) in [5, 5.41) is 8.22. The molecule has 25 heavy (non-hydrogen) atoms. The van der Waals surface area contributed by atoms with Gasteiger partial charge < -0.3 is 20.4 Å². The van der Waals surface area contributed by atoms with Gasteiger partial charge in [-0.3, -0.25) is 14.4 Å². The van der Waals surface area contributed by atoms with Gasteiger partial charge in [0, 0.05) is 19.0 Å². The minimum atomic E-state index is -0.373. The number of anilines is 1. The van der Waals surface area contributed by atoms with Crippen molar-refractivity contribution in [2.24, 2.45) is 0 Å². The lowest BCUT2D eigenvalue weighted by Gasteiger charge is -2.11. The molecule has 1 aliphatic carbocycles. The average molecular weight is 341 g/mol. The van der Waals surface area contributed by atoms with Crippen molar-refractivity contribution in [3.05, 3.63) is 54.0 Å². The van der Waals surface area contributed by atoms with Crippen LogP contribution in [0.15, 0.2) is 47.1 Å². The molecule has 3 amide bonds. The third-order valence-corrected chi connectivity index (χ3v) is 3.74. The summed E-state index contributed by atoms with van der Waals surface area (Å²) in [5.74, 6) is -0.652. The van der Waals surface area contributed by atoms with E-state index in [0.29, 0.717) is 11.3 Å². The van der Waals surface area contributed by atoms with E-state index in [0.717, 1.165) is 12.8 Å². The molecule has 130 valence electrons. The molecule has 0 saturated heterocycles. The molecule has 1 aromatic heterocycles. The zero-order chi connectivity index (χ0) is 17.6. The van der Waals surface area contributed by atoms with Crippen LogP contribution in [-0.4, -0.2) is 30.3 Å². The van der Waals surface area contributed by atoms with Crippen molar-refractivity contribution in [2.45, 2.75) is 25.3 Å². The highest BCUT2D eigenvalue weighted by Gasteiger charge is 2.25. The van der Waals surface area contributed by atoms with Crippen molar-refractivity contribution in [2.75, 3.05) is 11.9 Å². The van der Waals surface area contributed by atoms with Crippen molar-refractivity contribution in [1.29, 1.82) is 0 Å². The van der Waals surface area contributed by atoms with Crippen molar-refractivity contribution >= 4 is 23.4 Å². The topological polar surface area (TPSA) is 100 Å². The molecular formula is C18H19N3O4. The molecule has 0 radical (unpaired) electrons. The third-order valence-electron chi connectivity index (χ3n) is 3.74. The fourth-order valence-electron chi connectivity index (χ4n) is 2.28. The first-order valence-electron chi connectivity index (χ1n) is 8.15. The summed E-state index contributed by atoms with van der Waals surface area (Å²) in [6.45, 7) is 0.168. The van der Waals surface area contributed by atoms with Crippen LogP contribution in [0.1, 0.15) is 40.2 Å². The molecule has 7 nitrogen and oxygen atoms in total. The highest BCUT2D eigenvalue weighted by atomic mass is 16.3. The van der Waals surface area contributed by atoms with Crippen LogP contribution in [0.3, 0.4) is 0 Å². The molecular weight excluding hydrogens is 322 g/mol. The Hall–Kier alpha value is -3.09. The first-order chi connectivity index (χ1) is 12.1. The molecule has 0 aliphatic heterocycles. The van der Waals surface area contributed by atoms with E-state index >= 15 is 0 Å². The molecule has 7 heteroatoms. The minimum absolute atomic E-state index is 0.0883. The number of hydrogen-bond donors (Lipinski definition) is 3. The normalized spacial score (nSPS) is 13.1. The van der Waals surface area contributed by atoms with E-state index in [2.05, 4.69) is 16.0 Å². The molecule has 2 aromatic rings. The summed E-state index contributed by atoms with van der Waals surface area (Å²) in [5.41, 5.74) is 0.894. The molecule has 0 spiro atoms. The predicted molar refractivity (Wildman–Crippen MR) is 91.2 cm³/mol.